The summed E-state index contributed by atoms with van der Waals surface area (Å²) in [7, 11) is -3.76. The van der Waals surface area contributed by atoms with Crippen molar-refractivity contribution in [3.63, 3.8) is 0 Å². The largest absolute Gasteiger partial charge is 0.398 e. The number of nitrogens with one attached hydrogen (secondary N) is 1. The molecular weight excluding hydrogens is 311 g/mol. The first-order valence-corrected chi connectivity index (χ1v) is 6.90. The fourth-order valence-corrected chi connectivity index (χ4v) is 2.80. The second-order valence-electron chi connectivity index (χ2n) is 3.59. The SMILES string of the molecule is C=C(C)CNS(=O)(=O)c1cc(Br)c(F)cc1N. The van der Waals surface area contributed by atoms with Crippen LogP contribution in [0, 0.1) is 5.82 Å². The Morgan fingerprint density at radius 1 is 1.59 bits per heavy atom. The van der Waals surface area contributed by atoms with Crippen molar-refractivity contribution in [3.8, 4) is 0 Å². The summed E-state index contributed by atoms with van der Waals surface area (Å²) in [5.41, 5.74) is 6.00. The van der Waals surface area contributed by atoms with E-state index in [1.165, 1.54) is 0 Å². The van der Waals surface area contributed by atoms with Crippen LogP contribution in [0.1, 0.15) is 6.92 Å². The Labute approximate surface area is 108 Å². The van der Waals surface area contributed by atoms with Crippen molar-refractivity contribution in [2.75, 3.05) is 12.3 Å². The summed E-state index contributed by atoms with van der Waals surface area (Å²) in [5, 5.41) is 0. The van der Waals surface area contributed by atoms with Gasteiger partial charge >= 0.3 is 0 Å². The first-order chi connectivity index (χ1) is 7.74. The molecule has 0 amide bonds. The van der Waals surface area contributed by atoms with Crippen LogP contribution in [0.2, 0.25) is 0 Å². The molecule has 0 saturated heterocycles. The Kier molecular flexibility index (Phi) is 4.29. The van der Waals surface area contributed by atoms with E-state index < -0.39 is 15.8 Å². The number of halogens is 2. The van der Waals surface area contributed by atoms with Crippen molar-refractivity contribution in [1.29, 1.82) is 0 Å². The van der Waals surface area contributed by atoms with E-state index in [1.54, 1.807) is 6.92 Å². The molecule has 0 unspecified atom stereocenters. The van der Waals surface area contributed by atoms with Crippen LogP contribution in [0.15, 0.2) is 33.7 Å². The summed E-state index contributed by atoms with van der Waals surface area (Å²) in [5.74, 6) is -0.610. The van der Waals surface area contributed by atoms with Crippen LogP contribution in [-0.2, 0) is 10.0 Å². The van der Waals surface area contributed by atoms with Crippen molar-refractivity contribution in [3.05, 3.63) is 34.6 Å². The molecule has 0 aliphatic carbocycles. The molecule has 1 aromatic carbocycles. The molecule has 0 bridgehead atoms. The smallest absolute Gasteiger partial charge is 0.242 e. The maximum Gasteiger partial charge on any atom is 0.242 e. The lowest BCUT2D eigenvalue weighted by atomic mass is 10.3. The summed E-state index contributed by atoms with van der Waals surface area (Å²) in [6, 6.07) is 2.09. The van der Waals surface area contributed by atoms with Crippen molar-refractivity contribution in [1.82, 2.24) is 4.72 Å². The van der Waals surface area contributed by atoms with Crippen LogP contribution in [0.3, 0.4) is 0 Å². The third kappa shape index (κ3) is 3.52. The van der Waals surface area contributed by atoms with E-state index in [4.69, 9.17) is 5.73 Å². The fourth-order valence-electron chi connectivity index (χ4n) is 1.07. The molecule has 0 aliphatic heterocycles. The molecule has 0 fully saturated rings. The molecule has 0 radical (unpaired) electrons. The summed E-state index contributed by atoms with van der Waals surface area (Å²) < 4.78 is 39.2. The highest BCUT2D eigenvalue weighted by molar-refractivity contribution is 9.10. The van der Waals surface area contributed by atoms with Gasteiger partial charge in [-0.3, -0.25) is 0 Å². The van der Waals surface area contributed by atoms with Gasteiger partial charge in [-0.15, -0.1) is 0 Å². The zero-order valence-corrected chi connectivity index (χ0v) is 11.5. The van der Waals surface area contributed by atoms with E-state index in [1.807, 2.05) is 0 Å². The van der Waals surface area contributed by atoms with Crippen LogP contribution in [-0.4, -0.2) is 15.0 Å². The standard InChI is InChI=1S/C10H12BrFN2O2S/c1-6(2)5-14-17(15,16)10-3-7(11)8(12)4-9(10)13/h3-4,14H,1,5,13H2,2H3. The lowest BCUT2D eigenvalue weighted by Gasteiger charge is -2.09. The number of nitrogens with two attached hydrogens (primary N) is 1. The molecule has 94 valence electrons. The minimum absolute atomic E-state index is 0.0439. The van der Waals surface area contributed by atoms with Gasteiger partial charge in [-0.25, -0.2) is 17.5 Å². The molecule has 0 saturated carbocycles. The summed E-state index contributed by atoms with van der Waals surface area (Å²) in [6.45, 7) is 5.37. The summed E-state index contributed by atoms with van der Waals surface area (Å²) >= 11 is 2.91. The number of nitrogen functional groups attached to an aromatic ring is 1. The van der Waals surface area contributed by atoms with E-state index in [0.29, 0.717) is 5.57 Å². The minimum Gasteiger partial charge on any atom is -0.398 e. The number of hydrogen-bond donors (Lipinski definition) is 2. The van der Waals surface area contributed by atoms with Crippen LogP contribution in [0.5, 0.6) is 0 Å². The molecule has 7 heteroatoms. The average Bonchev–Trinajstić information content (AvgIpc) is 2.20. The Morgan fingerprint density at radius 3 is 2.71 bits per heavy atom. The lowest BCUT2D eigenvalue weighted by molar-refractivity contribution is 0.584. The highest BCUT2D eigenvalue weighted by Crippen LogP contribution is 2.25. The topological polar surface area (TPSA) is 72.2 Å². The number of hydrogen-bond acceptors (Lipinski definition) is 3. The second-order valence-corrected chi connectivity index (χ2v) is 6.18. The van der Waals surface area contributed by atoms with Gasteiger partial charge in [0.2, 0.25) is 10.0 Å². The molecule has 0 spiro atoms. The lowest BCUT2D eigenvalue weighted by Crippen LogP contribution is -2.26. The highest BCUT2D eigenvalue weighted by Gasteiger charge is 2.19. The number of anilines is 1. The van der Waals surface area contributed by atoms with Gasteiger partial charge in [0.25, 0.3) is 0 Å². The van der Waals surface area contributed by atoms with Gasteiger partial charge in [0.1, 0.15) is 10.7 Å². The maximum atomic E-state index is 13.1. The zero-order chi connectivity index (χ0) is 13.2. The predicted molar refractivity (Wildman–Crippen MR) is 68.5 cm³/mol. The predicted octanol–water partition coefficient (Wildman–Crippen LogP) is 2.02. The van der Waals surface area contributed by atoms with Gasteiger partial charge in [0.15, 0.2) is 0 Å². The maximum absolute atomic E-state index is 13.1. The van der Waals surface area contributed by atoms with E-state index >= 15 is 0 Å². The third-order valence-electron chi connectivity index (χ3n) is 1.91. The summed E-state index contributed by atoms with van der Waals surface area (Å²) in [4.78, 5) is -0.160. The van der Waals surface area contributed by atoms with Gasteiger partial charge in [-0.05, 0) is 35.0 Å². The number of sulfonamides is 1. The Morgan fingerprint density at radius 2 is 2.18 bits per heavy atom. The highest BCUT2D eigenvalue weighted by atomic mass is 79.9. The average molecular weight is 323 g/mol. The molecule has 3 N–H and O–H groups in total. The van der Waals surface area contributed by atoms with Gasteiger partial charge in [-0.2, -0.15) is 0 Å². The molecular formula is C10H12BrFN2O2S. The van der Waals surface area contributed by atoms with Crippen LogP contribution >= 0.6 is 15.9 Å². The first kappa shape index (κ1) is 14.1. The molecule has 0 heterocycles. The van der Waals surface area contributed by atoms with E-state index in [-0.39, 0.29) is 21.6 Å². The third-order valence-corrected chi connectivity index (χ3v) is 3.97. The van der Waals surface area contributed by atoms with Crippen LogP contribution < -0.4 is 10.5 Å². The van der Waals surface area contributed by atoms with Crippen LogP contribution in [0.4, 0.5) is 10.1 Å². The fraction of sp³-hybridized carbons (Fsp3) is 0.200. The van der Waals surface area contributed by atoms with Crippen molar-refractivity contribution < 1.29 is 12.8 Å². The second kappa shape index (κ2) is 5.16. The van der Waals surface area contributed by atoms with Gasteiger partial charge < -0.3 is 5.73 Å². The van der Waals surface area contributed by atoms with Crippen molar-refractivity contribution in [2.45, 2.75) is 11.8 Å². The van der Waals surface area contributed by atoms with Gasteiger partial charge in [0, 0.05) is 6.54 Å². The molecule has 0 aliphatic rings. The van der Waals surface area contributed by atoms with E-state index in [0.717, 1.165) is 12.1 Å². The Hall–Kier alpha value is -0.920. The van der Waals surface area contributed by atoms with Crippen molar-refractivity contribution in [2.24, 2.45) is 0 Å². The number of benzene rings is 1. The zero-order valence-electron chi connectivity index (χ0n) is 9.13. The van der Waals surface area contributed by atoms with E-state index in [2.05, 4.69) is 27.2 Å². The van der Waals surface area contributed by atoms with Gasteiger partial charge in [0.05, 0.1) is 10.2 Å². The van der Waals surface area contributed by atoms with Crippen molar-refractivity contribution >= 4 is 31.6 Å². The molecule has 0 aromatic heterocycles. The summed E-state index contributed by atoms with van der Waals surface area (Å²) in [6.07, 6.45) is 0. The van der Waals surface area contributed by atoms with E-state index in [9.17, 15) is 12.8 Å². The van der Waals surface area contributed by atoms with Crippen LogP contribution in [0.25, 0.3) is 0 Å². The monoisotopic (exact) mass is 322 g/mol. The minimum atomic E-state index is -3.76. The molecule has 1 aromatic rings. The molecule has 4 nitrogen and oxygen atoms in total. The first-order valence-electron chi connectivity index (χ1n) is 4.62. The Balaban J connectivity index is 3.15. The number of rotatable bonds is 4. The quantitative estimate of drug-likeness (QED) is 0.658. The molecule has 0 atom stereocenters. The van der Waals surface area contributed by atoms with Gasteiger partial charge in [-0.1, -0.05) is 12.2 Å². The molecule has 1 rings (SSSR count). The Bertz CT molecular complexity index is 558. The molecule has 17 heavy (non-hydrogen) atoms. The normalized spacial score (nSPS) is 11.5.